The van der Waals surface area contributed by atoms with Crippen molar-refractivity contribution in [1.82, 2.24) is 14.8 Å². The van der Waals surface area contributed by atoms with E-state index in [1.165, 1.54) is 0 Å². The number of nitrogens with one attached hydrogen (secondary N) is 2. The van der Waals surface area contributed by atoms with Gasteiger partial charge in [-0.15, -0.1) is 0 Å². The van der Waals surface area contributed by atoms with Gasteiger partial charge in [0.2, 0.25) is 0 Å². The molecule has 0 unspecified atom stereocenters. The molecule has 3 aromatic rings. The number of piperazine rings is 1. The van der Waals surface area contributed by atoms with Crippen molar-refractivity contribution < 1.29 is 9.59 Å². The van der Waals surface area contributed by atoms with Gasteiger partial charge in [-0.05, 0) is 36.9 Å². The monoisotopic (exact) mass is 473 g/mol. The first-order valence-electron chi connectivity index (χ1n) is 11.1. The molecule has 0 radical (unpaired) electrons. The maximum Gasteiger partial charge on any atom is 0.258 e. The average molecular weight is 474 g/mol. The van der Waals surface area contributed by atoms with Crippen molar-refractivity contribution in [3.05, 3.63) is 88.6 Å². The van der Waals surface area contributed by atoms with Gasteiger partial charge < -0.3 is 20.4 Å². The maximum absolute atomic E-state index is 13.1. The van der Waals surface area contributed by atoms with E-state index >= 15 is 0 Å². The molecule has 8 heteroatoms. The van der Waals surface area contributed by atoms with Crippen LogP contribution in [0.4, 0.5) is 11.5 Å². The second-order valence-corrected chi connectivity index (χ2v) is 8.85. The molecule has 1 aromatic heterocycles. The number of pyridine rings is 1. The number of carbonyl (C=O) groups excluding carboxylic acids is 2. The largest absolute Gasteiger partial charge is 0.339 e. The molecule has 0 aliphatic carbocycles. The summed E-state index contributed by atoms with van der Waals surface area (Å²) in [5, 5.41) is 6.77. The van der Waals surface area contributed by atoms with Crippen LogP contribution in [-0.2, 0) is 4.79 Å². The van der Waals surface area contributed by atoms with Gasteiger partial charge >= 0.3 is 0 Å². The molecule has 2 aliphatic heterocycles. The van der Waals surface area contributed by atoms with Gasteiger partial charge in [0.15, 0.2) is 0 Å². The number of fused-ring (bicyclic) bond motifs is 1. The molecule has 0 atom stereocenters. The smallest absolute Gasteiger partial charge is 0.258 e. The van der Waals surface area contributed by atoms with Crippen LogP contribution in [0, 0.1) is 0 Å². The fourth-order valence-corrected chi connectivity index (χ4v) is 4.40. The fraction of sp³-hybridized carbons (Fsp3) is 0.192. The van der Waals surface area contributed by atoms with Gasteiger partial charge in [0.25, 0.3) is 11.8 Å². The molecule has 5 rings (SSSR count). The number of hydrogen-bond acceptors (Lipinski definition) is 5. The van der Waals surface area contributed by atoms with Crippen LogP contribution in [0.25, 0.3) is 11.3 Å². The lowest BCUT2D eigenvalue weighted by Gasteiger charge is -2.32. The normalized spacial score (nSPS) is 17.2. The molecule has 0 spiro atoms. The molecule has 2 N–H and O–H groups in total. The number of aromatic nitrogens is 1. The standard InChI is InChI=1S/C26H24ClN5O2/c1-31-11-13-32(14-12-31)26(34)18-9-10-28-22(15-18)30-24(17-5-3-2-4-6-17)23-20-8-7-19(27)16-21(20)29-25(23)33/h2-10,15-16H,11-14H2,1H3,(H,28,30)(H,29,33). The summed E-state index contributed by atoms with van der Waals surface area (Å²) < 4.78 is 0. The van der Waals surface area contributed by atoms with Gasteiger partial charge in [0, 0.05) is 48.5 Å². The topological polar surface area (TPSA) is 77.6 Å². The van der Waals surface area contributed by atoms with Crippen LogP contribution < -0.4 is 10.6 Å². The zero-order valence-corrected chi connectivity index (χ0v) is 19.5. The lowest BCUT2D eigenvalue weighted by molar-refractivity contribution is -0.110. The Kier molecular flexibility index (Phi) is 6.04. The number of likely N-dealkylation sites (N-methyl/N-ethyl adjacent to an activating group) is 1. The Morgan fingerprint density at radius 2 is 1.76 bits per heavy atom. The summed E-state index contributed by atoms with van der Waals surface area (Å²) in [6.07, 6.45) is 1.61. The highest BCUT2D eigenvalue weighted by molar-refractivity contribution is 6.38. The minimum Gasteiger partial charge on any atom is -0.339 e. The second-order valence-electron chi connectivity index (χ2n) is 8.41. The first-order chi connectivity index (χ1) is 16.5. The van der Waals surface area contributed by atoms with Crippen molar-refractivity contribution in [3.63, 3.8) is 0 Å². The van der Waals surface area contributed by atoms with Crippen LogP contribution in [-0.4, -0.2) is 59.8 Å². The van der Waals surface area contributed by atoms with Crippen molar-refractivity contribution in [2.75, 3.05) is 43.9 Å². The van der Waals surface area contributed by atoms with Crippen LogP contribution in [0.15, 0.2) is 66.9 Å². The molecule has 0 bridgehead atoms. The SMILES string of the molecule is CN1CCN(C(=O)c2ccnc(NC(=C3C(=O)Nc4cc(Cl)ccc43)c3ccccc3)c2)CC1. The predicted molar refractivity (Wildman–Crippen MR) is 135 cm³/mol. The third-order valence-corrected chi connectivity index (χ3v) is 6.32. The molecule has 2 aromatic carbocycles. The third kappa shape index (κ3) is 4.40. The number of nitrogens with zero attached hydrogens (tertiary/aromatic N) is 3. The minimum absolute atomic E-state index is 0.0222. The Labute approximate surface area is 203 Å². The van der Waals surface area contributed by atoms with Crippen LogP contribution >= 0.6 is 11.6 Å². The highest BCUT2D eigenvalue weighted by Crippen LogP contribution is 2.38. The van der Waals surface area contributed by atoms with Gasteiger partial charge in [-0.2, -0.15) is 0 Å². The van der Waals surface area contributed by atoms with E-state index in [0.717, 1.165) is 24.2 Å². The Morgan fingerprint density at radius 1 is 1.00 bits per heavy atom. The van der Waals surface area contributed by atoms with Gasteiger partial charge in [-0.1, -0.05) is 48.0 Å². The summed E-state index contributed by atoms with van der Waals surface area (Å²) in [5.74, 6) is 0.237. The summed E-state index contributed by atoms with van der Waals surface area (Å²) >= 11 is 6.13. The molecule has 0 saturated carbocycles. The highest BCUT2D eigenvalue weighted by atomic mass is 35.5. The van der Waals surface area contributed by atoms with Crippen LogP contribution in [0.2, 0.25) is 5.02 Å². The Bertz CT molecular complexity index is 1280. The summed E-state index contributed by atoms with van der Waals surface area (Å²) in [5.41, 5.74) is 3.90. The summed E-state index contributed by atoms with van der Waals surface area (Å²) in [7, 11) is 2.06. The molecule has 172 valence electrons. The van der Waals surface area contributed by atoms with Crippen molar-refractivity contribution in [2.45, 2.75) is 0 Å². The van der Waals surface area contributed by atoms with Crippen molar-refractivity contribution in [1.29, 1.82) is 0 Å². The highest BCUT2D eigenvalue weighted by Gasteiger charge is 2.29. The molecule has 34 heavy (non-hydrogen) atoms. The van der Waals surface area contributed by atoms with E-state index < -0.39 is 0 Å². The molecule has 2 amide bonds. The number of rotatable bonds is 4. The maximum atomic E-state index is 13.1. The molecule has 1 fully saturated rings. The number of halogens is 1. The van der Waals surface area contributed by atoms with E-state index in [-0.39, 0.29) is 11.8 Å². The number of hydrogen-bond donors (Lipinski definition) is 2. The first-order valence-corrected chi connectivity index (χ1v) is 11.5. The Hall–Kier alpha value is -3.68. The molecule has 7 nitrogen and oxygen atoms in total. The van der Waals surface area contributed by atoms with E-state index in [9.17, 15) is 9.59 Å². The van der Waals surface area contributed by atoms with Gasteiger partial charge in [-0.25, -0.2) is 4.98 Å². The summed E-state index contributed by atoms with van der Waals surface area (Å²) in [6.45, 7) is 3.09. The molecule has 1 saturated heterocycles. The van der Waals surface area contributed by atoms with Gasteiger partial charge in [0.1, 0.15) is 5.82 Å². The zero-order valence-electron chi connectivity index (χ0n) is 18.7. The number of benzene rings is 2. The Morgan fingerprint density at radius 3 is 2.53 bits per heavy atom. The summed E-state index contributed by atoms with van der Waals surface area (Å²) in [4.78, 5) is 34.6. The molecule has 3 heterocycles. The quantitative estimate of drug-likeness (QED) is 0.559. The molecular formula is C26H24ClN5O2. The summed E-state index contributed by atoms with van der Waals surface area (Å²) in [6, 6.07) is 18.4. The molecular weight excluding hydrogens is 450 g/mol. The predicted octanol–water partition coefficient (Wildman–Crippen LogP) is 4.06. The van der Waals surface area contributed by atoms with E-state index in [1.807, 2.05) is 41.3 Å². The van der Waals surface area contributed by atoms with Gasteiger partial charge in [-0.3, -0.25) is 9.59 Å². The fourth-order valence-electron chi connectivity index (χ4n) is 4.23. The van der Waals surface area contributed by atoms with E-state index in [4.69, 9.17) is 11.6 Å². The van der Waals surface area contributed by atoms with Crippen LogP contribution in [0.1, 0.15) is 21.5 Å². The van der Waals surface area contributed by atoms with Crippen molar-refractivity contribution in [2.24, 2.45) is 0 Å². The van der Waals surface area contributed by atoms with Crippen molar-refractivity contribution in [3.8, 4) is 0 Å². The average Bonchev–Trinajstić information content (AvgIpc) is 3.17. The zero-order chi connectivity index (χ0) is 23.7. The van der Waals surface area contributed by atoms with Gasteiger partial charge in [0.05, 0.1) is 17.0 Å². The van der Waals surface area contributed by atoms with Crippen LogP contribution in [0.5, 0.6) is 0 Å². The number of amides is 2. The van der Waals surface area contributed by atoms with E-state index in [2.05, 4.69) is 27.6 Å². The van der Waals surface area contributed by atoms with E-state index in [0.29, 0.717) is 46.5 Å². The molecule has 2 aliphatic rings. The number of carbonyl (C=O) groups is 2. The van der Waals surface area contributed by atoms with E-state index in [1.54, 1.807) is 30.5 Å². The Balaban J connectivity index is 1.52. The first kappa shape index (κ1) is 22.1. The number of anilines is 2. The third-order valence-electron chi connectivity index (χ3n) is 6.09. The van der Waals surface area contributed by atoms with Crippen LogP contribution in [0.3, 0.4) is 0 Å². The lowest BCUT2D eigenvalue weighted by atomic mass is 10.0. The van der Waals surface area contributed by atoms with Crippen molar-refractivity contribution >= 4 is 46.2 Å². The second kappa shape index (κ2) is 9.29. The lowest BCUT2D eigenvalue weighted by Crippen LogP contribution is -2.47. The minimum atomic E-state index is -0.228.